The summed E-state index contributed by atoms with van der Waals surface area (Å²) in [4.78, 5) is 49.4. The van der Waals surface area contributed by atoms with Crippen LogP contribution in [-0.4, -0.2) is 40.5 Å². The van der Waals surface area contributed by atoms with Crippen molar-refractivity contribution in [1.29, 1.82) is 0 Å². The SMILES string of the molecule is COC(=O)Cn1cc(-c2cccc(Cl)c2Cl)c(=O)n(CCNC(=O)OC(C)(C)C)c1=O. The van der Waals surface area contributed by atoms with Crippen molar-refractivity contribution in [3.05, 3.63) is 55.3 Å². The van der Waals surface area contributed by atoms with E-state index in [2.05, 4.69) is 10.1 Å². The molecule has 31 heavy (non-hydrogen) atoms. The van der Waals surface area contributed by atoms with Gasteiger partial charge < -0.3 is 14.8 Å². The number of ether oxygens (including phenoxy) is 2. The third-order valence-electron chi connectivity index (χ3n) is 4.01. The first-order valence-corrected chi connectivity index (χ1v) is 10.0. The molecule has 0 aliphatic rings. The van der Waals surface area contributed by atoms with E-state index in [1.165, 1.54) is 13.3 Å². The lowest BCUT2D eigenvalue weighted by molar-refractivity contribution is -0.141. The molecule has 0 radical (unpaired) electrons. The standard InChI is InChI=1S/C20H23Cl2N3O6/c1-20(2,3)31-18(28)23-8-9-25-17(27)13(12-6-5-7-14(21)16(12)22)10-24(19(25)29)11-15(26)30-4/h5-7,10H,8-9,11H2,1-4H3,(H,23,28). The minimum atomic E-state index is -0.747. The normalized spacial score (nSPS) is 11.2. The third kappa shape index (κ3) is 6.35. The van der Waals surface area contributed by atoms with E-state index in [1.807, 2.05) is 0 Å². The topological polar surface area (TPSA) is 109 Å². The Bertz CT molecular complexity index is 1100. The molecule has 0 atom stereocenters. The minimum absolute atomic E-state index is 0.0605. The lowest BCUT2D eigenvalue weighted by atomic mass is 10.1. The van der Waals surface area contributed by atoms with E-state index in [0.717, 1.165) is 9.13 Å². The molecule has 1 N–H and O–H groups in total. The number of benzene rings is 1. The summed E-state index contributed by atoms with van der Waals surface area (Å²) in [6, 6.07) is 4.73. The quantitative estimate of drug-likeness (QED) is 0.648. The summed E-state index contributed by atoms with van der Waals surface area (Å²) in [7, 11) is 1.18. The maximum Gasteiger partial charge on any atom is 0.407 e. The molecule has 0 saturated heterocycles. The fourth-order valence-corrected chi connectivity index (χ4v) is 3.05. The van der Waals surface area contributed by atoms with Crippen LogP contribution in [-0.2, 0) is 27.4 Å². The van der Waals surface area contributed by atoms with E-state index >= 15 is 0 Å². The Morgan fingerprint density at radius 2 is 1.81 bits per heavy atom. The van der Waals surface area contributed by atoms with Crippen molar-refractivity contribution >= 4 is 35.3 Å². The summed E-state index contributed by atoms with van der Waals surface area (Å²) in [6.45, 7) is 4.49. The van der Waals surface area contributed by atoms with E-state index in [4.69, 9.17) is 27.9 Å². The Morgan fingerprint density at radius 3 is 2.42 bits per heavy atom. The lowest BCUT2D eigenvalue weighted by Crippen LogP contribution is -2.44. The van der Waals surface area contributed by atoms with E-state index < -0.39 is 35.5 Å². The van der Waals surface area contributed by atoms with Gasteiger partial charge >= 0.3 is 17.8 Å². The van der Waals surface area contributed by atoms with Crippen LogP contribution in [0.2, 0.25) is 10.0 Å². The molecule has 1 aromatic carbocycles. The molecule has 0 bridgehead atoms. The average Bonchev–Trinajstić information content (AvgIpc) is 2.67. The van der Waals surface area contributed by atoms with Crippen LogP contribution in [0.25, 0.3) is 11.1 Å². The van der Waals surface area contributed by atoms with Crippen LogP contribution in [0.15, 0.2) is 34.0 Å². The van der Waals surface area contributed by atoms with Gasteiger partial charge in [0, 0.05) is 24.8 Å². The number of rotatable bonds is 6. The highest BCUT2D eigenvalue weighted by molar-refractivity contribution is 6.43. The number of nitrogens with one attached hydrogen (secondary N) is 1. The highest BCUT2D eigenvalue weighted by Crippen LogP contribution is 2.31. The highest BCUT2D eigenvalue weighted by atomic mass is 35.5. The Hall–Kier alpha value is -2.78. The predicted octanol–water partition coefficient (Wildman–Crippen LogP) is 2.68. The molecule has 1 amide bonds. The molecular formula is C20H23Cl2N3O6. The zero-order valence-electron chi connectivity index (χ0n) is 17.5. The first kappa shape index (κ1) is 24.5. The maximum atomic E-state index is 13.1. The number of carbonyl (C=O) groups is 2. The fourth-order valence-electron chi connectivity index (χ4n) is 2.65. The molecule has 168 valence electrons. The molecule has 9 nitrogen and oxygen atoms in total. The van der Waals surface area contributed by atoms with Crippen LogP contribution >= 0.6 is 23.2 Å². The zero-order valence-corrected chi connectivity index (χ0v) is 19.0. The zero-order chi connectivity index (χ0) is 23.3. The largest absolute Gasteiger partial charge is 0.468 e. The molecule has 0 saturated carbocycles. The number of hydrogen-bond acceptors (Lipinski definition) is 6. The van der Waals surface area contributed by atoms with E-state index in [-0.39, 0.29) is 28.7 Å². The Balaban J connectivity index is 2.46. The molecule has 2 aromatic rings. The van der Waals surface area contributed by atoms with E-state index in [9.17, 15) is 19.2 Å². The fraction of sp³-hybridized carbons (Fsp3) is 0.400. The van der Waals surface area contributed by atoms with Gasteiger partial charge in [-0.05, 0) is 26.8 Å². The van der Waals surface area contributed by atoms with Crippen molar-refractivity contribution in [2.75, 3.05) is 13.7 Å². The summed E-state index contributed by atoms with van der Waals surface area (Å²) < 4.78 is 11.7. The molecule has 11 heteroatoms. The molecule has 0 fully saturated rings. The Kier molecular flexibility index (Phi) is 7.91. The number of aromatic nitrogens is 2. The van der Waals surface area contributed by atoms with Crippen LogP contribution in [0.3, 0.4) is 0 Å². The van der Waals surface area contributed by atoms with Crippen molar-refractivity contribution < 1.29 is 19.1 Å². The van der Waals surface area contributed by atoms with Gasteiger partial charge in [-0.3, -0.25) is 18.7 Å². The molecule has 0 unspecified atom stereocenters. The number of esters is 1. The predicted molar refractivity (Wildman–Crippen MR) is 117 cm³/mol. The molecule has 0 spiro atoms. The molecule has 1 aromatic heterocycles. The Labute approximate surface area is 188 Å². The number of alkyl carbamates (subject to hydrolysis) is 1. The molecule has 0 aliphatic carbocycles. The molecule has 0 aliphatic heterocycles. The van der Waals surface area contributed by atoms with Crippen molar-refractivity contribution in [3.8, 4) is 11.1 Å². The first-order chi connectivity index (χ1) is 14.4. The van der Waals surface area contributed by atoms with Gasteiger partial charge in [0.1, 0.15) is 12.1 Å². The van der Waals surface area contributed by atoms with Crippen molar-refractivity contribution in [2.45, 2.75) is 39.5 Å². The van der Waals surface area contributed by atoms with Gasteiger partial charge in [0.05, 0.1) is 22.7 Å². The van der Waals surface area contributed by atoms with Gasteiger partial charge in [-0.2, -0.15) is 0 Å². The summed E-state index contributed by atoms with van der Waals surface area (Å²) in [5.41, 5.74) is -1.73. The first-order valence-electron chi connectivity index (χ1n) is 9.27. The van der Waals surface area contributed by atoms with Crippen LogP contribution < -0.4 is 16.6 Å². The maximum absolute atomic E-state index is 13.1. The Morgan fingerprint density at radius 1 is 1.13 bits per heavy atom. The number of nitrogens with zero attached hydrogens (tertiary/aromatic N) is 2. The van der Waals surface area contributed by atoms with Gasteiger partial charge in [0.2, 0.25) is 0 Å². The van der Waals surface area contributed by atoms with Gasteiger partial charge in [0.15, 0.2) is 0 Å². The van der Waals surface area contributed by atoms with Crippen LogP contribution in [0, 0.1) is 0 Å². The number of halogens is 2. The summed E-state index contributed by atoms with van der Waals surface area (Å²) >= 11 is 12.3. The summed E-state index contributed by atoms with van der Waals surface area (Å²) in [6.07, 6.45) is 0.543. The van der Waals surface area contributed by atoms with Crippen LogP contribution in [0.1, 0.15) is 20.8 Å². The van der Waals surface area contributed by atoms with Gasteiger partial charge in [0.25, 0.3) is 5.56 Å². The van der Waals surface area contributed by atoms with E-state index in [0.29, 0.717) is 5.56 Å². The third-order valence-corrected chi connectivity index (χ3v) is 4.83. The average molecular weight is 472 g/mol. The number of methoxy groups -OCH3 is 1. The van der Waals surface area contributed by atoms with Gasteiger partial charge in [-0.15, -0.1) is 0 Å². The second-order valence-electron chi connectivity index (χ2n) is 7.52. The van der Waals surface area contributed by atoms with Crippen molar-refractivity contribution in [2.24, 2.45) is 0 Å². The van der Waals surface area contributed by atoms with E-state index in [1.54, 1.807) is 39.0 Å². The number of carbonyl (C=O) groups excluding carboxylic acids is 2. The van der Waals surface area contributed by atoms with Crippen LogP contribution in [0.5, 0.6) is 0 Å². The summed E-state index contributed by atoms with van der Waals surface area (Å²) in [5, 5.41) is 2.84. The van der Waals surface area contributed by atoms with Gasteiger partial charge in [-0.1, -0.05) is 35.3 Å². The van der Waals surface area contributed by atoms with Crippen molar-refractivity contribution in [1.82, 2.24) is 14.5 Å². The highest BCUT2D eigenvalue weighted by Gasteiger charge is 2.19. The molecule has 1 heterocycles. The monoisotopic (exact) mass is 471 g/mol. The number of amides is 1. The number of hydrogen-bond donors (Lipinski definition) is 1. The van der Waals surface area contributed by atoms with Crippen LogP contribution in [0.4, 0.5) is 4.79 Å². The second-order valence-corrected chi connectivity index (χ2v) is 8.30. The molecule has 2 rings (SSSR count). The second kappa shape index (κ2) is 10.0. The smallest absolute Gasteiger partial charge is 0.407 e. The van der Waals surface area contributed by atoms with Crippen molar-refractivity contribution in [3.63, 3.8) is 0 Å². The molecular weight excluding hydrogens is 449 g/mol. The summed E-state index contributed by atoms with van der Waals surface area (Å²) in [5.74, 6) is -0.678. The minimum Gasteiger partial charge on any atom is -0.468 e. The van der Waals surface area contributed by atoms with Gasteiger partial charge in [-0.25, -0.2) is 9.59 Å². The lowest BCUT2D eigenvalue weighted by Gasteiger charge is -2.20.